The number of hydrogen-bond donors (Lipinski definition) is 3. The highest BCUT2D eigenvalue weighted by atomic mass is 32.2. The number of carbonyl (C=O) groups is 3. The van der Waals surface area contributed by atoms with E-state index in [0.29, 0.717) is 17.9 Å². The van der Waals surface area contributed by atoms with Gasteiger partial charge in [0.15, 0.2) is 0 Å². The van der Waals surface area contributed by atoms with Crippen molar-refractivity contribution < 1.29 is 24.6 Å². The molecule has 0 spiro atoms. The van der Waals surface area contributed by atoms with Crippen LogP contribution < -0.4 is 5.32 Å². The topological polar surface area (TPSA) is 107 Å². The van der Waals surface area contributed by atoms with Crippen molar-refractivity contribution in [3.63, 3.8) is 0 Å². The van der Waals surface area contributed by atoms with Crippen LogP contribution in [0.25, 0.3) is 0 Å². The van der Waals surface area contributed by atoms with Crippen LogP contribution in [0.1, 0.15) is 20.3 Å². The van der Waals surface area contributed by atoms with Crippen LogP contribution in [0.15, 0.2) is 10.6 Å². The molecular formula is C14H18N2O5S. The molecule has 8 heteroatoms. The third-order valence-electron chi connectivity index (χ3n) is 4.54. The van der Waals surface area contributed by atoms with Gasteiger partial charge in [0.2, 0.25) is 11.8 Å². The highest BCUT2D eigenvalue weighted by Crippen LogP contribution is 2.51. The Kier molecular flexibility index (Phi) is 3.68. The van der Waals surface area contributed by atoms with Gasteiger partial charge in [0.1, 0.15) is 5.70 Å². The van der Waals surface area contributed by atoms with Crippen LogP contribution in [0.3, 0.4) is 0 Å². The zero-order chi connectivity index (χ0) is 16.2. The number of nitrogens with zero attached hydrogens (tertiary/aromatic N) is 1. The third kappa shape index (κ3) is 2.13. The monoisotopic (exact) mass is 326 g/mol. The van der Waals surface area contributed by atoms with E-state index in [1.807, 2.05) is 6.92 Å². The van der Waals surface area contributed by atoms with Gasteiger partial charge in [0, 0.05) is 29.0 Å². The van der Waals surface area contributed by atoms with Crippen molar-refractivity contribution in [2.24, 2.45) is 11.8 Å². The van der Waals surface area contributed by atoms with E-state index in [2.05, 4.69) is 5.32 Å². The summed E-state index contributed by atoms with van der Waals surface area (Å²) in [6, 6.07) is -0.300. The van der Waals surface area contributed by atoms with Gasteiger partial charge in [-0.15, -0.1) is 11.8 Å². The summed E-state index contributed by atoms with van der Waals surface area (Å²) in [7, 11) is 0. The molecule has 3 aliphatic heterocycles. The van der Waals surface area contributed by atoms with Gasteiger partial charge in [0.25, 0.3) is 0 Å². The summed E-state index contributed by atoms with van der Waals surface area (Å²) in [5.74, 6) is -2.20. The van der Waals surface area contributed by atoms with Crippen LogP contribution in [-0.2, 0) is 14.4 Å². The van der Waals surface area contributed by atoms with Gasteiger partial charge in [0.05, 0.1) is 18.1 Å². The number of carboxylic acid groups (broad SMARTS) is 1. The van der Waals surface area contributed by atoms with Gasteiger partial charge >= 0.3 is 5.97 Å². The van der Waals surface area contributed by atoms with Crippen molar-refractivity contribution in [1.29, 1.82) is 0 Å². The minimum Gasteiger partial charge on any atom is -0.477 e. The number of nitrogens with one attached hydrogen (secondary N) is 1. The molecule has 0 aliphatic carbocycles. The molecule has 0 saturated carbocycles. The lowest BCUT2D eigenvalue weighted by Gasteiger charge is -2.46. The molecule has 0 unspecified atom stereocenters. The van der Waals surface area contributed by atoms with E-state index in [1.165, 1.54) is 16.7 Å². The maximum Gasteiger partial charge on any atom is 0.353 e. The first-order chi connectivity index (χ1) is 10.3. The van der Waals surface area contributed by atoms with Crippen molar-refractivity contribution in [3.05, 3.63) is 10.6 Å². The average Bonchev–Trinajstić information content (AvgIpc) is 2.92. The molecular weight excluding hydrogens is 308 g/mol. The number of rotatable bonds is 4. The predicted molar refractivity (Wildman–Crippen MR) is 78.6 cm³/mol. The van der Waals surface area contributed by atoms with Gasteiger partial charge in [-0.3, -0.25) is 9.59 Å². The number of aliphatic hydroxyl groups is 1. The number of aliphatic hydroxyl groups excluding tert-OH is 1. The minimum absolute atomic E-state index is 0.0156. The lowest BCUT2D eigenvalue weighted by Crippen LogP contribution is -2.63. The summed E-state index contributed by atoms with van der Waals surface area (Å²) in [4.78, 5) is 37.0. The summed E-state index contributed by atoms with van der Waals surface area (Å²) in [6.07, 6.45) is -0.447. The first kappa shape index (κ1) is 15.4. The molecule has 3 rings (SSSR count). The standard InChI is InChI=1S/C14H18N2O5S/c1-5-10-9(6(2)17)13(19)16(10)11(14(20)21)12(5)22-7-3-8(18)15-4-7/h5-7,9-10,17H,3-4H2,1-2H3,(H,15,18)(H,20,21)/t5-,6-,7-,9-,10+/m1/s1. The number of thioether (sulfide) groups is 1. The molecule has 0 radical (unpaired) electrons. The lowest BCUT2D eigenvalue weighted by molar-refractivity contribution is -0.163. The zero-order valence-corrected chi connectivity index (χ0v) is 13.1. The van der Waals surface area contributed by atoms with Crippen LogP contribution in [-0.4, -0.2) is 56.8 Å². The van der Waals surface area contributed by atoms with Crippen molar-refractivity contribution in [2.75, 3.05) is 6.54 Å². The average molecular weight is 326 g/mol. The van der Waals surface area contributed by atoms with Gasteiger partial charge in [-0.05, 0) is 6.92 Å². The summed E-state index contributed by atoms with van der Waals surface area (Å²) in [6.45, 7) is 3.94. The lowest BCUT2D eigenvalue weighted by atomic mass is 9.79. The second kappa shape index (κ2) is 5.27. The molecule has 120 valence electrons. The van der Waals surface area contributed by atoms with Crippen LogP contribution in [0, 0.1) is 11.8 Å². The highest BCUT2D eigenvalue weighted by molar-refractivity contribution is 8.03. The Balaban J connectivity index is 1.88. The van der Waals surface area contributed by atoms with Crippen LogP contribution in [0.5, 0.6) is 0 Å². The molecule has 5 atom stereocenters. The molecule has 22 heavy (non-hydrogen) atoms. The molecule has 0 aromatic heterocycles. The number of fused-ring (bicyclic) bond motifs is 1. The summed E-state index contributed by atoms with van der Waals surface area (Å²) < 4.78 is 0. The summed E-state index contributed by atoms with van der Waals surface area (Å²) in [5, 5.41) is 22.0. The van der Waals surface area contributed by atoms with Crippen molar-refractivity contribution in [3.8, 4) is 0 Å². The van der Waals surface area contributed by atoms with Gasteiger partial charge in [-0.25, -0.2) is 4.79 Å². The maximum absolute atomic E-state index is 12.2. The number of hydrogen-bond acceptors (Lipinski definition) is 5. The molecule has 0 bridgehead atoms. The Morgan fingerprint density at radius 1 is 1.45 bits per heavy atom. The fourth-order valence-electron chi connectivity index (χ4n) is 3.52. The van der Waals surface area contributed by atoms with E-state index in [4.69, 9.17) is 0 Å². The number of aliphatic carboxylic acids is 1. The Morgan fingerprint density at radius 3 is 2.64 bits per heavy atom. The Morgan fingerprint density at radius 2 is 2.14 bits per heavy atom. The molecule has 3 heterocycles. The molecule has 3 N–H and O–H groups in total. The minimum atomic E-state index is -1.13. The second-order valence-corrected chi connectivity index (χ2v) is 7.36. The van der Waals surface area contributed by atoms with E-state index in [-0.39, 0.29) is 34.7 Å². The van der Waals surface area contributed by atoms with Crippen LogP contribution in [0.4, 0.5) is 0 Å². The maximum atomic E-state index is 12.2. The summed E-state index contributed by atoms with van der Waals surface area (Å²) >= 11 is 1.37. The first-order valence-electron chi connectivity index (χ1n) is 7.25. The van der Waals surface area contributed by atoms with Crippen LogP contribution in [0.2, 0.25) is 0 Å². The molecule has 7 nitrogen and oxygen atoms in total. The van der Waals surface area contributed by atoms with Crippen molar-refractivity contribution >= 4 is 29.5 Å². The predicted octanol–water partition coefficient (Wildman–Crippen LogP) is -0.238. The SMILES string of the molecule is C[C@@H](O)[C@H]1C(=O)N2C(C(=O)O)=C(S[C@H]3CNC(=O)C3)[C@H](C)[C@@H]12. The molecule has 2 fully saturated rings. The molecule has 0 aromatic carbocycles. The summed E-state index contributed by atoms with van der Waals surface area (Å²) in [5.41, 5.74) is 0.0174. The Bertz CT molecular complexity index is 588. The molecule has 2 saturated heterocycles. The number of β-lactam (4-membered cyclic amide) rings is 1. The molecule has 2 amide bonds. The van der Waals surface area contributed by atoms with E-state index < -0.39 is 18.0 Å². The zero-order valence-electron chi connectivity index (χ0n) is 12.3. The van der Waals surface area contributed by atoms with E-state index in [0.717, 1.165) is 0 Å². The van der Waals surface area contributed by atoms with Crippen molar-refractivity contribution in [1.82, 2.24) is 10.2 Å². The molecule has 3 aliphatic rings. The number of carbonyl (C=O) groups excluding carboxylic acids is 2. The van der Waals surface area contributed by atoms with Gasteiger partial charge < -0.3 is 20.4 Å². The Labute approximate surface area is 131 Å². The van der Waals surface area contributed by atoms with Crippen molar-refractivity contribution in [2.45, 2.75) is 37.7 Å². The first-order valence-corrected chi connectivity index (χ1v) is 8.12. The third-order valence-corrected chi connectivity index (χ3v) is 6.03. The van der Waals surface area contributed by atoms with E-state index >= 15 is 0 Å². The van der Waals surface area contributed by atoms with Gasteiger partial charge in [-0.1, -0.05) is 6.92 Å². The Hall–Kier alpha value is -1.54. The number of amides is 2. The van der Waals surface area contributed by atoms with E-state index in [1.54, 1.807) is 6.92 Å². The second-order valence-electron chi connectivity index (χ2n) is 6.02. The number of carboxylic acids is 1. The molecule has 0 aromatic rings. The van der Waals surface area contributed by atoms with Crippen LogP contribution >= 0.6 is 11.8 Å². The van der Waals surface area contributed by atoms with E-state index in [9.17, 15) is 24.6 Å². The quantitative estimate of drug-likeness (QED) is 0.616. The highest BCUT2D eigenvalue weighted by Gasteiger charge is 2.60. The fourth-order valence-corrected chi connectivity index (χ4v) is 4.93. The largest absolute Gasteiger partial charge is 0.477 e. The smallest absolute Gasteiger partial charge is 0.353 e. The fraction of sp³-hybridized carbons (Fsp3) is 0.643. The normalized spacial score (nSPS) is 35.3. The van der Waals surface area contributed by atoms with Gasteiger partial charge in [-0.2, -0.15) is 0 Å².